The average Bonchev–Trinajstić information content (AvgIpc) is 2.35. The quantitative estimate of drug-likeness (QED) is 0.725. The van der Waals surface area contributed by atoms with Crippen LogP contribution in [0, 0.1) is 0 Å². The molecule has 1 saturated heterocycles. The fourth-order valence-electron chi connectivity index (χ4n) is 2.54. The van der Waals surface area contributed by atoms with Crippen molar-refractivity contribution in [3.63, 3.8) is 0 Å². The van der Waals surface area contributed by atoms with E-state index in [4.69, 9.17) is 0 Å². The number of amides is 4. The largest absolute Gasteiger partial charge is 0.354 e. The molecule has 0 radical (unpaired) electrons. The lowest BCUT2D eigenvalue weighted by Gasteiger charge is -2.41. The molecule has 0 aromatic carbocycles. The topological polar surface area (TPSA) is 72.9 Å². The van der Waals surface area contributed by atoms with Crippen LogP contribution in [0.3, 0.4) is 0 Å². The molecule has 1 unspecified atom stereocenters. The standard InChI is InChI=1S/C11H19N3O3/c1-2-9-12-10(15)13(11(16)14(9)17)8-6-4-3-5-7-8/h8-9,17H,2-7H2,1H3,(H,12,15). The summed E-state index contributed by atoms with van der Waals surface area (Å²) in [5.41, 5.74) is 0. The number of nitrogens with zero attached hydrogens (tertiary/aromatic N) is 2. The van der Waals surface area contributed by atoms with Gasteiger partial charge >= 0.3 is 12.1 Å². The first-order valence-corrected chi connectivity index (χ1v) is 6.27. The Morgan fingerprint density at radius 1 is 1.29 bits per heavy atom. The van der Waals surface area contributed by atoms with E-state index >= 15 is 0 Å². The van der Waals surface area contributed by atoms with Gasteiger partial charge in [0.25, 0.3) is 0 Å². The molecule has 4 amide bonds. The van der Waals surface area contributed by atoms with Gasteiger partial charge < -0.3 is 5.32 Å². The van der Waals surface area contributed by atoms with Gasteiger partial charge in [0.15, 0.2) is 0 Å². The van der Waals surface area contributed by atoms with Crippen molar-refractivity contribution in [3.8, 4) is 0 Å². The molecule has 1 aliphatic heterocycles. The average molecular weight is 241 g/mol. The Morgan fingerprint density at radius 2 is 1.94 bits per heavy atom. The van der Waals surface area contributed by atoms with Crippen molar-refractivity contribution in [2.75, 3.05) is 0 Å². The zero-order valence-corrected chi connectivity index (χ0v) is 10.1. The summed E-state index contributed by atoms with van der Waals surface area (Å²) in [6.07, 6.45) is 4.78. The number of nitrogens with one attached hydrogen (secondary N) is 1. The normalized spacial score (nSPS) is 27.3. The van der Waals surface area contributed by atoms with Crippen LogP contribution in [0.2, 0.25) is 0 Å². The Morgan fingerprint density at radius 3 is 2.53 bits per heavy atom. The molecule has 0 aromatic rings. The molecule has 6 heteroatoms. The van der Waals surface area contributed by atoms with Gasteiger partial charge in [-0.1, -0.05) is 26.2 Å². The van der Waals surface area contributed by atoms with Crippen LogP contribution < -0.4 is 5.32 Å². The number of rotatable bonds is 2. The fourth-order valence-corrected chi connectivity index (χ4v) is 2.54. The molecule has 0 bridgehead atoms. The second kappa shape index (κ2) is 4.91. The third kappa shape index (κ3) is 2.22. The van der Waals surface area contributed by atoms with Gasteiger partial charge in [0.1, 0.15) is 6.17 Å². The van der Waals surface area contributed by atoms with Crippen LogP contribution in [-0.2, 0) is 0 Å². The molecule has 0 aromatic heterocycles. The van der Waals surface area contributed by atoms with E-state index in [1.54, 1.807) is 6.92 Å². The Hall–Kier alpha value is -1.30. The highest BCUT2D eigenvalue weighted by Gasteiger charge is 2.41. The zero-order valence-electron chi connectivity index (χ0n) is 10.1. The first-order chi connectivity index (χ1) is 8.15. The number of carbonyl (C=O) groups excluding carboxylic acids is 2. The van der Waals surface area contributed by atoms with E-state index < -0.39 is 12.2 Å². The van der Waals surface area contributed by atoms with E-state index in [9.17, 15) is 14.8 Å². The Labute approximate surface area is 101 Å². The van der Waals surface area contributed by atoms with E-state index in [2.05, 4.69) is 5.32 Å². The second-order valence-corrected chi connectivity index (χ2v) is 4.66. The summed E-state index contributed by atoms with van der Waals surface area (Å²) in [4.78, 5) is 25.0. The SMILES string of the molecule is CCC1NC(=O)N(C2CCCCC2)C(=O)N1O. The lowest BCUT2D eigenvalue weighted by Crippen LogP contribution is -2.66. The van der Waals surface area contributed by atoms with Crippen LogP contribution in [0.15, 0.2) is 0 Å². The Bertz CT molecular complexity index is 315. The third-order valence-electron chi connectivity index (χ3n) is 3.53. The third-order valence-corrected chi connectivity index (χ3v) is 3.53. The van der Waals surface area contributed by atoms with Crippen molar-refractivity contribution < 1.29 is 14.8 Å². The van der Waals surface area contributed by atoms with Crippen molar-refractivity contribution in [2.24, 2.45) is 0 Å². The summed E-state index contributed by atoms with van der Waals surface area (Å²) in [6.45, 7) is 1.80. The predicted molar refractivity (Wildman–Crippen MR) is 60.3 cm³/mol. The highest BCUT2D eigenvalue weighted by Crippen LogP contribution is 2.25. The van der Waals surface area contributed by atoms with E-state index in [1.807, 2.05) is 0 Å². The second-order valence-electron chi connectivity index (χ2n) is 4.66. The molecule has 1 aliphatic carbocycles. The molecule has 1 saturated carbocycles. The maximum absolute atomic E-state index is 11.9. The van der Waals surface area contributed by atoms with E-state index in [0.717, 1.165) is 32.1 Å². The van der Waals surface area contributed by atoms with Crippen LogP contribution in [0.1, 0.15) is 45.4 Å². The van der Waals surface area contributed by atoms with Crippen molar-refractivity contribution >= 4 is 12.1 Å². The molecule has 6 nitrogen and oxygen atoms in total. The number of hydroxylamine groups is 2. The summed E-state index contributed by atoms with van der Waals surface area (Å²) >= 11 is 0. The molecule has 96 valence electrons. The van der Waals surface area contributed by atoms with Gasteiger partial charge in [-0.2, -0.15) is 5.06 Å². The molecule has 1 heterocycles. The molecule has 17 heavy (non-hydrogen) atoms. The van der Waals surface area contributed by atoms with Crippen molar-refractivity contribution in [1.29, 1.82) is 0 Å². The van der Waals surface area contributed by atoms with Crippen molar-refractivity contribution in [2.45, 2.75) is 57.7 Å². The van der Waals surface area contributed by atoms with Crippen LogP contribution >= 0.6 is 0 Å². The van der Waals surface area contributed by atoms with Crippen LogP contribution in [-0.4, -0.2) is 39.4 Å². The molecule has 2 fully saturated rings. The summed E-state index contributed by atoms with van der Waals surface area (Å²) in [5, 5.41) is 13.0. The van der Waals surface area contributed by atoms with Crippen LogP contribution in [0.25, 0.3) is 0 Å². The van der Waals surface area contributed by atoms with E-state index in [1.165, 1.54) is 4.90 Å². The van der Waals surface area contributed by atoms with Crippen LogP contribution in [0.4, 0.5) is 9.59 Å². The van der Waals surface area contributed by atoms with Gasteiger partial charge in [0, 0.05) is 6.04 Å². The van der Waals surface area contributed by atoms with Crippen molar-refractivity contribution in [1.82, 2.24) is 15.3 Å². The molecule has 2 rings (SSSR count). The fraction of sp³-hybridized carbons (Fsp3) is 0.818. The Balaban J connectivity index is 2.11. The predicted octanol–water partition coefficient (Wildman–Crippen LogP) is 1.89. The molecular weight excluding hydrogens is 222 g/mol. The monoisotopic (exact) mass is 241 g/mol. The van der Waals surface area contributed by atoms with E-state index in [-0.39, 0.29) is 12.1 Å². The maximum atomic E-state index is 11.9. The highest BCUT2D eigenvalue weighted by atomic mass is 16.5. The van der Waals surface area contributed by atoms with Crippen LogP contribution in [0.5, 0.6) is 0 Å². The smallest absolute Gasteiger partial charge is 0.315 e. The summed E-state index contributed by atoms with van der Waals surface area (Å²) in [6, 6.07) is -1.03. The van der Waals surface area contributed by atoms with Crippen molar-refractivity contribution in [3.05, 3.63) is 0 Å². The maximum Gasteiger partial charge on any atom is 0.354 e. The van der Waals surface area contributed by atoms with Gasteiger partial charge in [0.05, 0.1) is 0 Å². The summed E-state index contributed by atoms with van der Waals surface area (Å²) in [7, 11) is 0. The minimum Gasteiger partial charge on any atom is -0.315 e. The highest BCUT2D eigenvalue weighted by molar-refractivity contribution is 5.95. The Kier molecular flexibility index (Phi) is 3.51. The lowest BCUT2D eigenvalue weighted by molar-refractivity contribution is -0.108. The molecule has 2 aliphatic rings. The van der Waals surface area contributed by atoms with Gasteiger partial charge in [-0.15, -0.1) is 0 Å². The minimum atomic E-state index is -0.602. The zero-order chi connectivity index (χ0) is 12.4. The first kappa shape index (κ1) is 12.2. The summed E-state index contributed by atoms with van der Waals surface area (Å²) < 4.78 is 0. The summed E-state index contributed by atoms with van der Waals surface area (Å²) in [5.74, 6) is 0. The lowest BCUT2D eigenvalue weighted by atomic mass is 9.94. The number of imide groups is 1. The number of hydrogen-bond acceptors (Lipinski definition) is 3. The molecular formula is C11H19N3O3. The van der Waals surface area contributed by atoms with Gasteiger partial charge in [-0.25, -0.2) is 14.5 Å². The first-order valence-electron chi connectivity index (χ1n) is 6.27. The van der Waals surface area contributed by atoms with E-state index in [0.29, 0.717) is 11.5 Å². The van der Waals surface area contributed by atoms with Gasteiger partial charge in [-0.05, 0) is 19.3 Å². The molecule has 2 N–H and O–H groups in total. The number of carbonyl (C=O) groups is 2. The number of hydrogen-bond donors (Lipinski definition) is 2. The molecule has 0 spiro atoms. The number of urea groups is 2. The molecule has 1 atom stereocenters. The van der Waals surface area contributed by atoms with Gasteiger partial charge in [0.2, 0.25) is 0 Å². The van der Waals surface area contributed by atoms with Gasteiger partial charge in [-0.3, -0.25) is 5.21 Å². The minimum absolute atomic E-state index is 0.0660.